The lowest BCUT2D eigenvalue weighted by molar-refractivity contribution is -0.134. The molecule has 130 valence electrons. The van der Waals surface area contributed by atoms with Gasteiger partial charge in [-0.2, -0.15) is 5.10 Å². The van der Waals surface area contributed by atoms with Crippen LogP contribution in [0, 0.1) is 5.92 Å². The molecule has 0 spiro atoms. The van der Waals surface area contributed by atoms with Crippen molar-refractivity contribution in [3.8, 4) is 11.5 Å². The van der Waals surface area contributed by atoms with Crippen LogP contribution in [0.4, 0.5) is 5.69 Å². The second-order valence-corrected chi connectivity index (χ2v) is 5.23. The average molecular weight is 335 g/mol. The predicted molar refractivity (Wildman–Crippen MR) is 88.4 cm³/mol. The van der Waals surface area contributed by atoms with Crippen molar-refractivity contribution in [2.75, 3.05) is 39.8 Å². The average Bonchev–Trinajstić information content (AvgIpc) is 2.80. The van der Waals surface area contributed by atoms with E-state index < -0.39 is 11.8 Å². The van der Waals surface area contributed by atoms with Crippen LogP contribution in [0.5, 0.6) is 11.5 Å². The third kappa shape index (κ3) is 3.83. The number of ether oxygens (including phenoxy) is 3. The fraction of sp³-hybridized carbons (Fsp3) is 0.438. The SMILES string of the molecule is COCCOc1cc(NC(=O)C2C(=O)N(C)N=C2C)ccc1OC. The van der Waals surface area contributed by atoms with E-state index in [1.807, 2.05) is 0 Å². The normalized spacial score (nSPS) is 16.8. The first kappa shape index (κ1) is 17.7. The van der Waals surface area contributed by atoms with Gasteiger partial charge in [0, 0.05) is 25.9 Å². The Morgan fingerprint density at radius 3 is 2.62 bits per heavy atom. The molecule has 1 aliphatic heterocycles. The van der Waals surface area contributed by atoms with E-state index in [4.69, 9.17) is 14.2 Å². The van der Waals surface area contributed by atoms with Crippen LogP contribution in [0.3, 0.4) is 0 Å². The minimum Gasteiger partial charge on any atom is -0.493 e. The first-order valence-electron chi connectivity index (χ1n) is 7.41. The summed E-state index contributed by atoms with van der Waals surface area (Å²) in [7, 11) is 4.63. The predicted octanol–water partition coefficient (Wildman–Crippen LogP) is 1.12. The van der Waals surface area contributed by atoms with Crippen molar-refractivity contribution in [2.45, 2.75) is 6.92 Å². The van der Waals surface area contributed by atoms with Crippen molar-refractivity contribution >= 4 is 23.2 Å². The van der Waals surface area contributed by atoms with Crippen molar-refractivity contribution in [1.29, 1.82) is 0 Å². The monoisotopic (exact) mass is 335 g/mol. The lowest BCUT2D eigenvalue weighted by atomic mass is 10.0. The van der Waals surface area contributed by atoms with Gasteiger partial charge in [-0.25, -0.2) is 5.01 Å². The number of nitrogens with one attached hydrogen (secondary N) is 1. The summed E-state index contributed by atoms with van der Waals surface area (Å²) in [5.41, 5.74) is 0.966. The standard InChI is InChI=1S/C16H21N3O5/c1-10-14(16(21)19(2)18-10)15(20)17-11-5-6-12(23-4)13(9-11)24-8-7-22-3/h5-6,9,14H,7-8H2,1-4H3,(H,17,20). The van der Waals surface area contributed by atoms with Crippen LogP contribution in [0.1, 0.15) is 6.92 Å². The largest absolute Gasteiger partial charge is 0.493 e. The van der Waals surface area contributed by atoms with Crippen LogP contribution in [-0.4, -0.2) is 57.0 Å². The number of carbonyl (C=O) groups is 2. The van der Waals surface area contributed by atoms with Gasteiger partial charge >= 0.3 is 0 Å². The molecule has 0 aliphatic carbocycles. The van der Waals surface area contributed by atoms with E-state index in [-0.39, 0.29) is 5.91 Å². The van der Waals surface area contributed by atoms with Crippen LogP contribution < -0.4 is 14.8 Å². The van der Waals surface area contributed by atoms with Gasteiger partial charge in [-0.1, -0.05) is 0 Å². The van der Waals surface area contributed by atoms with Crippen LogP contribution in [0.2, 0.25) is 0 Å². The summed E-state index contributed by atoms with van der Waals surface area (Å²) in [6.07, 6.45) is 0. The second-order valence-electron chi connectivity index (χ2n) is 5.23. The number of hydrazone groups is 1. The molecule has 0 fully saturated rings. The molecule has 1 atom stereocenters. The van der Waals surface area contributed by atoms with E-state index >= 15 is 0 Å². The molecule has 1 heterocycles. The summed E-state index contributed by atoms with van der Waals surface area (Å²) in [5.74, 6) is -0.672. The van der Waals surface area contributed by atoms with Gasteiger partial charge < -0.3 is 19.5 Å². The number of rotatable bonds is 7. The maximum Gasteiger partial charge on any atom is 0.260 e. The molecule has 0 bridgehead atoms. The lowest BCUT2D eigenvalue weighted by Gasteiger charge is -2.14. The number of amides is 2. The van der Waals surface area contributed by atoms with Crippen LogP contribution >= 0.6 is 0 Å². The summed E-state index contributed by atoms with van der Waals surface area (Å²) >= 11 is 0. The van der Waals surface area contributed by atoms with Gasteiger partial charge in [0.15, 0.2) is 17.4 Å². The zero-order chi connectivity index (χ0) is 17.7. The molecule has 0 radical (unpaired) electrons. The van der Waals surface area contributed by atoms with Crippen molar-refractivity contribution < 1.29 is 23.8 Å². The molecule has 1 aromatic carbocycles. The second kappa shape index (κ2) is 7.78. The van der Waals surface area contributed by atoms with Gasteiger partial charge in [0.2, 0.25) is 5.91 Å². The van der Waals surface area contributed by atoms with Gasteiger partial charge in [0.05, 0.1) is 19.4 Å². The van der Waals surface area contributed by atoms with Crippen molar-refractivity contribution in [3.63, 3.8) is 0 Å². The summed E-state index contributed by atoms with van der Waals surface area (Å²) in [4.78, 5) is 24.4. The molecule has 1 aromatic rings. The smallest absolute Gasteiger partial charge is 0.260 e. The van der Waals surface area contributed by atoms with E-state index in [0.717, 1.165) is 0 Å². The Labute approximate surface area is 140 Å². The molecule has 0 saturated carbocycles. The summed E-state index contributed by atoms with van der Waals surface area (Å²) in [6, 6.07) is 5.00. The highest BCUT2D eigenvalue weighted by molar-refractivity contribution is 6.24. The highest BCUT2D eigenvalue weighted by atomic mass is 16.5. The number of hydrogen-bond donors (Lipinski definition) is 1. The highest BCUT2D eigenvalue weighted by Crippen LogP contribution is 2.30. The minimum atomic E-state index is -0.907. The number of benzene rings is 1. The fourth-order valence-corrected chi connectivity index (χ4v) is 2.33. The number of nitrogens with zero attached hydrogens (tertiary/aromatic N) is 2. The van der Waals surface area contributed by atoms with Crippen LogP contribution in [-0.2, 0) is 14.3 Å². The van der Waals surface area contributed by atoms with E-state index in [2.05, 4.69) is 10.4 Å². The number of anilines is 1. The van der Waals surface area contributed by atoms with E-state index in [1.54, 1.807) is 32.2 Å². The topological polar surface area (TPSA) is 89.5 Å². The molecule has 2 amide bonds. The van der Waals surface area contributed by atoms with Gasteiger partial charge in [-0.15, -0.1) is 0 Å². The first-order valence-corrected chi connectivity index (χ1v) is 7.41. The Kier molecular flexibility index (Phi) is 5.75. The first-order chi connectivity index (χ1) is 11.5. The molecule has 1 unspecified atom stereocenters. The lowest BCUT2D eigenvalue weighted by Crippen LogP contribution is -2.34. The van der Waals surface area contributed by atoms with E-state index in [0.29, 0.717) is 36.1 Å². The molecule has 0 saturated heterocycles. The number of carbonyl (C=O) groups excluding carboxylic acids is 2. The highest BCUT2D eigenvalue weighted by Gasteiger charge is 2.37. The minimum absolute atomic E-state index is 0.349. The van der Waals surface area contributed by atoms with Gasteiger partial charge in [0.1, 0.15) is 6.61 Å². The molecule has 1 aliphatic rings. The Morgan fingerprint density at radius 1 is 1.29 bits per heavy atom. The van der Waals surface area contributed by atoms with Crippen LogP contribution in [0.25, 0.3) is 0 Å². The Balaban J connectivity index is 2.12. The number of methoxy groups -OCH3 is 2. The summed E-state index contributed by atoms with van der Waals surface area (Å²) in [5, 5.41) is 7.88. The van der Waals surface area contributed by atoms with Gasteiger partial charge in [-0.05, 0) is 19.1 Å². The summed E-state index contributed by atoms with van der Waals surface area (Å²) in [6.45, 7) is 2.43. The maximum atomic E-state index is 12.4. The Bertz CT molecular complexity index is 659. The quantitative estimate of drug-likeness (QED) is 0.596. The molecular formula is C16H21N3O5. The summed E-state index contributed by atoms with van der Waals surface area (Å²) < 4.78 is 15.7. The van der Waals surface area contributed by atoms with Gasteiger partial charge in [0.25, 0.3) is 5.91 Å². The molecule has 8 heteroatoms. The third-order valence-corrected chi connectivity index (χ3v) is 3.53. The van der Waals surface area contributed by atoms with Gasteiger partial charge in [-0.3, -0.25) is 9.59 Å². The number of hydrogen-bond acceptors (Lipinski definition) is 6. The zero-order valence-corrected chi connectivity index (χ0v) is 14.2. The maximum absolute atomic E-state index is 12.4. The molecule has 24 heavy (non-hydrogen) atoms. The van der Waals surface area contributed by atoms with E-state index in [9.17, 15) is 9.59 Å². The van der Waals surface area contributed by atoms with Crippen LogP contribution in [0.15, 0.2) is 23.3 Å². The van der Waals surface area contributed by atoms with Crippen molar-refractivity contribution in [3.05, 3.63) is 18.2 Å². The van der Waals surface area contributed by atoms with Crippen molar-refractivity contribution in [1.82, 2.24) is 5.01 Å². The molecule has 1 N–H and O–H groups in total. The zero-order valence-electron chi connectivity index (χ0n) is 14.2. The molecule has 8 nitrogen and oxygen atoms in total. The van der Waals surface area contributed by atoms with Crippen molar-refractivity contribution in [2.24, 2.45) is 11.0 Å². The fourth-order valence-electron chi connectivity index (χ4n) is 2.33. The molecule has 2 rings (SSSR count). The Hall–Kier alpha value is -2.61. The third-order valence-electron chi connectivity index (χ3n) is 3.53. The molecule has 0 aromatic heterocycles. The van der Waals surface area contributed by atoms with E-state index in [1.165, 1.54) is 19.2 Å². The Morgan fingerprint density at radius 2 is 2.04 bits per heavy atom. The molecular weight excluding hydrogens is 314 g/mol.